The normalized spacial score (nSPS) is 15.7. The Balaban J connectivity index is 1.63. The Morgan fingerprint density at radius 1 is 1.04 bits per heavy atom. The van der Waals surface area contributed by atoms with Crippen molar-refractivity contribution >= 4 is 11.5 Å². The van der Waals surface area contributed by atoms with Crippen LogP contribution in [0.4, 0.5) is 5.69 Å². The van der Waals surface area contributed by atoms with E-state index >= 15 is 0 Å². The van der Waals surface area contributed by atoms with Crippen molar-refractivity contribution in [2.75, 3.05) is 51.8 Å². The first-order chi connectivity index (χ1) is 13.1. The molecule has 0 spiro atoms. The summed E-state index contributed by atoms with van der Waals surface area (Å²) in [6, 6.07) is 18.5. The largest absolute Gasteiger partial charge is 0.378 e. The van der Waals surface area contributed by atoms with Crippen molar-refractivity contribution in [2.24, 2.45) is 5.92 Å². The van der Waals surface area contributed by atoms with Crippen LogP contribution in [0.2, 0.25) is 0 Å². The summed E-state index contributed by atoms with van der Waals surface area (Å²) in [6.07, 6.45) is 1.50. The molecule has 0 amide bonds. The molecule has 1 saturated heterocycles. The number of carbonyl (C=O) groups is 1. The molecule has 0 radical (unpaired) electrons. The SMILES string of the molecule is CN(C)CC(CC(=O)c1ccc(N2CCOCC2)cc1)Cc1ccccc1. The summed E-state index contributed by atoms with van der Waals surface area (Å²) in [5.74, 6) is 0.542. The van der Waals surface area contributed by atoms with Crippen LogP contribution >= 0.6 is 0 Å². The summed E-state index contributed by atoms with van der Waals surface area (Å²) in [5, 5.41) is 0. The number of ether oxygens (including phenoxy) is 1. The van der Waals surface area contributed by atoms with E-state index in [1.807, 2.05) is 18.2 Å². The third kappa shape index (κ3) is 5.91. The minimum absolute atomic E-state index is 0.228. The van der Waals surface area contributed by atoms with Crippen LogP contribution in [0.1, 0.15) is 22.3 Å². The zero-order chi connectivity index (χ0) is 19.1. The molecule has 27 heavy (non-hydrogen) atoms. The van der Waals surface area contributed by atoms with Gasteiger partial charge in [-0.2, -0.15) is 0 Å². The highest BCUT2D eigenvalue weighted by Crippen LogP contribution is 2.20. The Hall–Kier alpha value is -2.17. The molecule has 1 fully saturated rings. The molecule has 1 atom stereocenters. The predicted octanol–water partition coefficient (Wildman–Crippen LogP) is 3.52. The lowest BCUT2D eigenvalue weighted by molar-refractivity contribution is 0.0953. The van der Waals surface area contributed by atoms with Gasteiger partial charge >= 0.3 is 0 Å². The third-order valence-corrected chi connectivity index (χ3v) is 5.03. The van der Waals surface area contributed by atoms with E-state index in [4.69, 9.17) is 4.74 Å². The highest BCUT2D eigenvalue weighted by Gasteiger charge is 2.18. The average molecular weight is 367 g/mol. The summed E-state index contributed by atoms with van der Waals surface area (Å²) >= 11 is 0. The summed E-state index contributed by atoms with van der Waals surface area (Å²) in [5.41, 5.74) is 3.27. The highest BCUT2D eigenvalue weighted by molar-refractivity contribution is 5.96. The standard InChI is InChI=1S/C23H30N2O2/c1-24(2)18-20(16-19-6-4-3-5-7-19)17-23(26)21-8-10-22(11-9-21)25-12-14-27-15-13-25/h3-11,20H,12-18H2,1-2H3. The van der Waals surface area contributed by atoms with Gasteiger partial charge in [0.25, 0.3) is 0 Å². The van der Waals surface area contributed by atoms with Crippen LogP contribution in [0.5, 0.6) is 0 Å². The number of hydrogen-bond donors (Lipinski definition) is 0. The lowest BCUT2D eigenvalue weighted by Crippen LogP contribution is -2.36. The summed E-state index contributed by atoms with van der Waals surface area (Å²) in [6.45, 7) is 4.27. The molecule has 1 aliphatic heterocycles. The highest BCUT2D eigenvalue weighted by atomic mass is 16.5. The maximum absolute atomic E-state index is 12.9. The lowest BCUT2D eigenvalue weighted by Gasteiger charge is -2.29. The number of rotatable bonds is 8. The molecule has 0 saturated carbocycles. The number of morpholine rings is 1. The molecule has 1 heterocycles. The van der Waals surface area contributed by atoms with Gasteiger partial charge in [-0.05, 0) is 56.3 Å². The van der Waals surface area contributed by atoms with Crippen LogP contribution in [0.15, 0.2) is 54.6 Å². The number of ketones is 1. The van der Waals surface area contributed by atoms with Crippen molar-refractivity contribution in [3.63, 3.8) is 0 Å². The fourth-order valence-electron chi connectivity index (χ4n) is 3.72. The molecule has 2 aromatic carbocycles. The maximum Gasteiger partial charge on any atom is 0.163 e. The number of nitrogens with zero attached hydrogens (tertiary/aromatic N) is 2. The van der Waals surface area contributed by atoms with E-state index in [0.29, 0.717) is 12.3 Å². The smallest absolute Gasteiger partial charge is 0.163 e. The van der Waals surface area contributed by atoms with Crippen LogP contribution in [-0.4, -0.2) is 57.6 Å². The molecule has 1 aliphatic rings. The topological polar surface area (TPSA) is 32.8 Å². The molecule has 144 valence electrons. The molecule has 0 aliphatic carbocycles. The van der Waals surface area contributed by atoms with Crippen LogP contribution in [0.25, 0.3) is 0 Å². The molecule has 0 bridgehead atoms. The van der Waals surface area contributed by atoms with Gasteiger partial charge in [0.15, 0.2) is 5.78 Å². The second kappa shape index (κ2) is 9.67. The van der Waals surface area contributed by atoms with E-state index in [1.165, 1.54) is 11.3 Å². The molecule has 4 heteroatoms. The fourth-order valence-corrected chi connectivity index (χ4v) is 3.72. The zero-order valence-electron chi connectivity index (χ0n) is 16.4. The van der Waals surface area contributed by atoms with Gasteiger partial charge in [0.1, 0.15) is 0 Å². The van der Waals surface area contributed by atoms with Crippen LogP contribution < -0.4 is 4.90 Å². The third-order valence-electron chi connectivity index (χ3n) is 5.03. The van der Waals surface area contributed by atoms with Crippen molar-refractivity contribution in [1.82, 2.24) is 4.90 Å². The zero-order valence-corrected chi connectivity index (χ0v) is 16.4. The molecule has 4 nitrogen and oxygen atoms in total. The molecular formula is C23H30N2O2. The van der Waals surface area contributed by atoms with Crippen molar-refractivity contribution in [1.29, 1.82) is 0 Å². The number of Topliss-reactive ketones (excluding diaryl/α,β-unsaturated/α-hetero) is 1. The van der Waals surface area contributed by atoms with E-state index in [2.05, 4.69) is 60.3 Å². The Kier molecular flexibility index (Phi) is 7.02. The number of benzene rings is 2. The number of carbonyl (C=O) groups excluding carboxylic acids is 1. The average Bonchev–Trinajstić information content (AvgIpc) is 2.69. The van der Waals surface area contributed by atoms with Crippen molar-refractivity contribution in [3.05, 3.63) is 65.7 Å². The molecule has 0 N–H and O–H groups in total. The van der Waals surface area contributed by atoms with Gasteiger partial charge in [-0.15, -0.1) is 0 Å². The van der Waals surface area contributed by atoms with Gasteiger partial charge in [0, 0.05) is 37.3 Å². The Morgan fingerprint density at radius 2 is 1.70 bits per heavy atom. The first kappa shape index (κ1) is 19.6. The van der Waals surface area contributed by atoms with Crippen molar-refractivity contribution < 1.29 is 9.53 Å². The van der Waals surface area contributed by atoms with E-state index < -0.39 is 0 Å². The van der Waals surface area contributed by atoms with E-state index in [0.717, 1.165) is 44.8 Å². The number of anilines is 1. The Morgan fingerprint density at radius 3 is 2.33 bits per heavy atom. The second-order valence-electron chi connectivity index (χ2n) is 7.59. The molecule has 0 aromatic heterocycles. The van der Waals surface area contributed by atoms with Gasteiger partial charge < -0.3 is 14.5 Å². The summed E-state index contributed by atoms with van der Waals surface area (Å²) < 4.78 is 5.41. The second-order valence-corrected chi connectivity index (χ2v) is 7.59. The van der Waals surface area contributed by atoms with Gasteiger partial charge in [0.2, 0.25) is 0 Å². The minimum atomic E-state index is 0.228. The lowest BCUT2D eigenvalue weighted by atomic mass is 9.91. The Bertz CT molecular complexity index is 707. The predicted molar refractivity (Wildman–Crippen MR) is 111 cm³/mol. The molecule has 3 rings (SSSR count). The summed E-state index contributed by atoms with van der Waals surface area (Å²) in [4.78, 5) is 17.3. The van der Waals surface area contributed by atoms with Crippen molar-refractivity contribution in [2.45, 2.75) is 12.8 Å². The van der Waals surface area contributed by atoms with E-state index in [1.54, 1.807) is 0 Å². The van der Waals surface area contributed by atoms with Crippen LogP contribution in [0, 0.1) is 5.92 Å². The first-order valence-corrected chi connectivity index (χ1v) is 9.76. The first-order valence-electron chi connectivity index (χ1n) is 9.76. The van der Waals surface area contributed by atoms with Gasteiger partial charge in [-0.1, -0.05) is 30.3 Å². The summed E-state index contributed by atoms with van der Waals surface area (Å²) in [7, 11) is 4.14. The van der Waals surface area contributed by atoms with E-state index in [-0.39, 0.29) is 5.78 Å². The van der Waals surface area contributed by atoms with E-state index in [9.17, 15) is 4.79 Å². The van der Waals surface area contributed by atoms with Gasteiger partial charge in [0.05, 0.1) is 13.2 Å². The Labute approximate surface area is 162 Å². The van der Waals surface area contributed by atoms with Crippen molar-refractivity contribution in [3.8, 4) is 0 Å². The molecule has 2 aromatic rings. The monoisotopic (exact) mass is 366 g/mol. The van der Waals surface area contributed by atoms with Crippen LogP contribution in [-0.2, 0) is 11.2 Å². The molecule has 1 unspecified atom stereocenters. The van der Waals surface area contributed by atoms with Gasteiger partial charge in [-0.25, -0.2) is 0 Å². The number of hydrogen-bond acceptors (Lipinski definition) is 4. The fraction of sp³-hybridized carbons (Fsp3) is 0.435. The van der Waals surface area contributed by atoms with Gasteiger partial charge in [-0.3, -0.25) is 4.79 Å². The molecular weight excluding hydrogens is 336 g/mol. The van der Waals surface area contributed by atoms with Crippen LogP contribution in [0.3, 0.4) is 0 Å². The minimum Gasteiger partial charge on any atom is -0.378 e. The maximum atomic E-state index is 12.9. The quantitative estimate of drug-likeness (QED) is 0.669.